The Balaban J connectivity index is 1.46. The van der Waals surface area contributed by atoms with Crippen LogP contribution in [-0.4, -0.2) is 70.7 Å². The van der Waals surface area contributed by atoms with Crippen molar-refractivity contribution in [3.63, 3.8) is 0 Å². The van der Waals surface area contributed by atoms with Gasteiger partial charge in [-0.25, -0.2) is 15.0 Å². The first-order valence-corrected chi connectivity index (χ1v) is 11.9. The Morgan fingerprint density at radius 1 is 1.14 bits per heavy atom. The molecule has 10 nitrogen and oxygen atoms in total. The molecule has 184 valence electrons. The van der Waals surface area contributed by atoms with Crippen LogP contribution in [0, 0.1) is 6.92 Å². The number of oxazole rings is 1. The molecule has 1 aromatic carbocycles. The Morgan fingerprint density at radius 3 is 2.77 bits per heavy atom. The summed E-state index contributed by atoms with van der Waals surface area (Å²) in [5.41, 5.74) is 3.04. The van der Waals surface area contributed by atoms with Gasteiger partial charge in [0.05, 0.1) is 19.4 Å². The van der Waals surface area contributed by atoms with Crippen LogP contribution >= 0.6 is 0 Å². The Labute approximate surface area is 204 Å². The number of hydrogen-bond donors (Lipinski definition) is 2. The summed E-state index contributed by atoms with van der Waals surface area (Å²) in [6.07, 6.45) is 3.46. The van der Waals surface area contributed by atoms with Crippen LogP contribution in [-0.2, 0) is 16.1 Å². The van der Waals surface area contributed by atoms with Crippen LogP contribution in [0.15, 0.2) is 41.1 Å². The summed E-state index contributed by atoms with van der Waals surface area (Å²) in [4.78, 5) is 30.0. The van der Waals surface area contributed by atoms with Crippen molar-refractivity contribution in [3.05, 3.63) is 47.9 Å². The van der Waals surface area contributed by atoms with Gasteiger partial charge in [0.1, 0.15) is 5.54 Å². The molecular weight excluding hydrogens is 446 g/mol. The summed E-state index contributed by atoms with van der Waals surface area (Å²) in [5, 5.41) is 6.24. The van der Waals surface area contributed by atoms with E-state index in [9.17, 15) is 4.79 Å². The lowest BCUT2D eigenvalue weighted by Crippen LogP contribution is -2.62. The minimum absolute atomic E-state index is 0.0411. The zero-order valence-electron chi connectivity index (χ0n) is 20.4. The average Bonchev–Trinajstić information content (AvgIpc) is 3.31. The number of aromatic nitrogens is 3. The van der Waals surface area contributed by atoms with Crippen LogP contribution in [0.5, 0.6) is 0 Å². The number of morpholine rings is 1. The monoisotopic (exact) mass is 477 g/mol. The summed E-state index contributed by atoms with van der Waals surface area (Å²) in [7, 11) is 0. The molecule has 0 aliphatic carbocycles. The second-order valence-corrected chi connectivity index (χ2v) is 9.43. The van der Waals surface area contributed by atoms with Gasteiger partial charge >= 0.3 is 0 Å². The van der Waals surface area contributed by atoms with E-state index in [-0.39, 0.29) is 5.91 Å². The third-order valence-electron chi connectivity index (χ3n) is 6.41. The van der Waals surface area contributed by atoms with E-state index >= 15 is 0 Å². The number of ether oxygens (including phenoxy) is 1. The Hall–Kier alpha value is -3.50. The lowest BCUT2D eigenvalue weighted by atomic mass is 10.00. The predicted molar refractivity (Wildman–Crippen MR) is 133 cm³/mol. The minimum atomic E-state index is -0.742. The van der Waals surface area contributed by atoms with Gasteiger partial charge in [-0.1, -0.05) is 0 Å². The van der Waals surface area contributed by atoms with Crippen LogP contribution in [0.1, 0.15) is 25.1 Å². The van der Waals surface area contributed by atoms with Gasteiger partial charge in [-0.15, -0.1) is 0 Å². The Bertz CT molecular complexity index is 1200. The zero-order chi connectivity index (χ0) is 24.4. The van der Waals surface area contributed by atoms with E-state index < -0.39 is 5.54 Å². The van der Waals surface area contributed by atoms with Gasteiger partial charge in [0.25, 0.3) is 6.01 Å². The Morgan fingerprint density at radius 2 is 1.97 bits per heavy atom. The van der Waals surface area contributed by atoms with Gasteiger partial charge in [-0.3, -0.25) is 9.69 Å². The molecule has 2 aliphatic heterocycles. The van der Waals surface area contributed by atoms with E-state index in [4.69, 9.17) is 9.15 Å². The van der Waals surface area contributed by atoms with Crippen molar-refractivity contribution in [2.45, 2.75) is 32.9 Å². The molecule has 10 heteroatoms. The lowest BCUT2D eigenvalue weighted by Gasteiger charge is -2.40. The van der Waals surface area contributed by atoms with Crippen molar-refractivity contribution < 1.29 is 13.9 Å². The molecule has 2 N–H and O–H groups in total. The molecule has 2 aromatic heterocycles. The fraction of sp³-hybridized carbons (Fsp3) is 0.440. The number of nitrogens with one attached hydrogen (secondary N) is 2. The van der Waals surface area contributed by atoms with E-state index in [0.29, 0.717) is 30.8 Å². The van der Waals surface area contributed by atoms with Crippen molar-refractivity contribution in [1.29, 1.82) is 0 Å². The first-order chi connectivity index (χ1) is 16.9. The second-order valence-electron chi connectivity index (χ2n) is 9.43. The van der Waals surface area contributed by atoms with E-state index in [1.807, 2.05) is 37.8 Å². The number of amides is 1. The number of carbonyl (C=O) groups is 1. The number of nitrogens with zero attached hydrogens (tertiary/aromatic N) is 5. The SMILES string of the molecule is Cc1ccnc(Nc2cc(CN3CCOCC3)cc(-c3cnc(N4CCNC(=O)C4(C)C)o3)c2)n1. The van der Waals surface area contributed by atoms with E-state index in [1.165, 1.54) is 0 Å². The van der Waals surface area contributed by atoms with Crippen molar-refractivity contribution in [2.75, 3.05) is 49.6 Å². The lowest BCUT2D eigenvalue weighted by molar-refractivity contribution is -0.126. The number of aryl methyl sites for hydroxylation is 1. The fourth-order valence-electron chi connectivity index (χ4n) is 4.41. The summed E-state index contributed by atoms with van der Waals surface area (Å²) in [6, 6.07) is 8.54. The van der Waals surface area contributed by atoms with Gasteiger partial charge in [0.15, 0.2) is 5.76 Å². The molecule has 0 bridgehead atoms. The largest absolute Gasteiger partial charge is 0.423 e. The van der Waals surface area contributed by atoms with E-state index in [0.717, 1.165) is 55.4 Å². The quantitative estimate of drug-likeness (QED) is 0.554. The van der Waals surface area contributed by atoms with Gasteiger partial charge in [-0.2, -0.15) is 0 Å². The highest BCUT2D eigenvalue weighted by atomic mass is 16.5. The van der Waals surface area contributed by atoms with Gasteiger partial charge < -0.3 is 24.7 Å². The molecule has 5 rings (SSSR count). The first kappa shape index (κ1) is 23.3. The van der Waals surface area contributed by atoms with E-state index in [2.05, 4.69) is 42.6 Å². The number of carbonyl (C=O) groups excluding carboxylic acids is 1. The van der Waals surface area contributed by atoms with Crippen molar-refractivity contribution in [1.82, 2.24) is 25.2 Å². The predicted octanol–water partition coefficient (Wildman–Crippen LogP) is 2.73. The smallest absolute Gasteiger partial charge is 0.298 e. The topological polar surface area (TPSA) is 109 Å². The maximum absolute atomic E-state index is 12.4. The van der Waals surface area contributed by atoms with Crippen LogP contribution in [0.2, 0.25) is 0 Å². The number of piperazine rings is 1. The molecule has 0 atom stereocenters. The zero-order valence-corrected chi connectivity index (χ0v) is 20.4. The third-order valence-corrected chi connectivity index (χ3v) is 6.41. The first-order valence-electron chi connectivity index (χ1n) is 11.9. The summed E-state index contributed by atoms with van der Waals surface area (Å²) in [6.45, 7) is 10.9. The van der Waals surface area contributed by atoms with Crippen molar-refractivity contribution >= 4 is 23.6 Å². The van der Waals surface area contributed by atoms with Gasteiger partial charge in [0.2, 0.25) is 11.9 Å². The molecular formula is C25H31N7O3. The molecule has 35 heavy (non-hydrogen) atoms. The number of benzene rings is 1. The Kier molecular flexibility index (Phi) is 6.40. The maximum Gasteiger partial charge on any atom is 0.298 e. The number of anilines is 3. The molecule has 0 unspecified atom stereocenters. The number of hydrogen-bond acceptors (Lipinski definition) is 9. The molecule has 0 spiro atoms. The van der Waals surface area contributed by atoms with Crippen molar-refractivity contribution in [2.24, 2.45) is 0 Å². The van der Waals surface area contributed by atoms with Crippen LogP contribution in [0.4, 0.5) is 17.7 Å². The van der Waals surface area contributed by atoms with Crippen LogP contribution < -0.4 is 15.5 Å². The molecule has 0 saturated carbocycles. The summed E-state index contributed by atoms with van der Waals surface area (Å²) >= 11 is 0. The minimum Gasteiger partial charge on any atom is -0.423 e. The standard InChI is InChI=1S/C25H31N7O3/c1-17-4-5-27-23(29-17)30-20-13-18(16-31-8-10-34-11-9-31)12-19(14-20)21-15-28-24(35-21)32-7-6-26-22(33)25(32,2)3/h4-5,12-15H,6-11,16H2,1-3H3,(H,26,33)(H,27,29,30). The molecule has 2 fully saturated rings. The molecule has 3 aromatic rings. The van der Waals surface area contributed by atoms with E-state index in [1.54, 1.807) is 12.4 Å². The molecule has 2 saturated heterocycles. The highest BCUT2D eigenvalue weighted by Gasteiger charge is 2.40. The molecule has 1 amide bonds. The second kappa shape index (κ2) is 9.63. The normalized spacial score (nSPS) is 18.4. The summed E-state index contributed by atoms with van der Waals surface area (Å²) in [5.74, 6) is 1.14. The number of rotatable bonds is 6. The highest BCUT2D eigenvalue weighted by Crippen LogP contribution is 2.32. The van der Waals surface area contributed by atoms with Crippen LogP contribution in [0.3, 0.4) is 0 Å². The molecule has 2 aliphatic rings. The maximum atomic E-state index is 12.4. The van der Waals surface area contributed by atoms with Gasteiger partial charge in [-0.05, 0) is 50.6 Å². The highest BCUT2D eigenvalue weighted by molar-refractivity contribution is 5.89. The molecule has 0 radical (unpaired) electrons. The average molecular weight is 478 g/mol. The summed E-state index contributed by atoms with van der Waals surface area (Å²) < 4.78 is 11.7. The molecule has 4 heterocycles. The third kappa shape index (κ3) is 5.13. The van der Waals surface area contributed by atoms with Crippen molar-refractivity contribution in [3.8, 4) is 11.3 Å². The fourth-order valence-corrected chi connectivity index (χ4v) is 4.41. The van der Waals surface area contributed by atoms with Crippen LogP contribution in [0.25, 0.3) is 11.3 Å². The van der Waals surface area contributed by atoms with Gasteiger partial charge in [0, 0.05) is 55.9 Å².